The van der Waals surface area contributed by atoms with Gasteiger partial charge in [0.1, 0.15) is 0 Å². The molecule has 0 aromatic heterocycles. The molecule has 5 heteroatoms. The first kappa shape index (κ1) is 17.9. The molecular formula is C18H28N2O3. The van der Waals surface area contributed by atoms with Gasteiger partial charge in [-0.2, -0.15) is 0 Å². The van der Waals surface area contributed by atoms with Crippen LogP contribution in [0.5, 0.6) is 0 Å². The summed E-state index contributed by atoms with van der Waals surface area (Å²) in [5.41, 5.74) is 6.46. The molecule has 1 aliphatic rings. The second kappa shape index (κ2) is 8.43. The Morgan fingerprint density at radius 1 is 1.17 bits per heavy atom. The topological polar surface area (TPSA) is 95.6 Å². The van der Waals surface area contributed by atoms with E-state index in [1.165, 1.54) is 32.1 Å². The van der Waals surface area contributed by atoms with Gasteiger partial charge < -0.3 is 15.5 Å². The lowest BCUT2D eigenvalue weighted by Gasteiger charge is -2.21. The molecule has 0 spiro atoms. The van der Waals surface area contributed by atoms with Crippen molar-refractivity contribution in [2.75, 3.05) is 6.54 Å². The zero-order valence-electron chi connectivity index (χ0n) is 13.6. The van der Waals surface area contributed by atoms with Crippen LogP contribution < -0.4 is 11.1 Å². The molecule has 2 rings (SSSR count). The molecule has 5 nitrogen and oxygen atoms in total. The van der Waals surface area contributed by atoms with Gasteiger partial charge in [0.05, 0.1) is 0 Å². The van der Waals surface area contributed by atoms with Crippen LogP contribution in [0.15, 0.2) is 24.3 Å². The standard InChI is InChI=1S/C18H28N2O3/c19-18(22,23)16-9-6-15(7-10-16)12-13-20-17(21)11-8-14-4-2-1-3-5-14/h6-7,9-10,14,22-23H,1-5,8,11-13,19H2,(H,20,21). The van der Waals surface area contributed by atoms with Gasteiger partial charge >= 0.3 is 0 Å². The Balaban J connectivity index is 1.65. The van der Waals surface area contributed by atoms with Crippen LogP contribution in [-0.4, -0.2) is 22.7 Å². The summed E-state index contributed by atoms with van der Waals surface area (Å²) in [5, 5.41) is 21.5. The number of carbonyl (C=O) groups is 1. The monoisotopic (exact) mass is 320 g/mol. The van der Waals surface area contributed by atoms with E-state index in [1.807, 2.05) is 0 Å². The van der Waals surface area contributed by atoms with Crippen molar-refractivity contribution in [1.82, 2.24) is 5.32 Å². The van der Waals surface area contributed by atoms with E-state index >= 15 is 0 Å². The SMILES string of the molecule is NC(O)(O)c1ccc(CCNC(=O)CCC2CCCCC2)cc1. The summed E-state index contributed by atoms with van der Waals surface area (Å²) in [6, 6.07) is 6.75. The van der Waals surface area contributed by atoms with Crippen LogP contribution in [0.25, 0.3) is 0 Å². The van der Waals surface area contributed by atoms with Crippen molar-refractivity contribution in [1.29, 1.82) is 0 Å². The Morgan fingerprint density at radius 3 is 2.43 bits per heavy atom. The van der Waals surface area contributed by atoms with Crippen molar-refractivity contribution in [2.24, 2.45) is 11.7 Å². The Kier molecular flexibility index (Phi) is 6.57. The maximum atomic E-state index is 11.9. The van der Waals surface area contributed by atoms with Crippen LogP contribution >= 0.6 is 0 Å². The van der Waals surface area contributed by atoms with Crippen molar-refractivity contribution in [2.45, 2.75) is 57.3 Å². The zero-order valence-corrected chi connectivity index (χ0v) is 13.6. The lowest BCUT2D eigenvalue weighted by Crippen LogP contribution is -2.35. The van der Waals surface area contributed by atoms with E-state index in [-0.39, 0.29) is 11.5 Å². The molecule has 0 aliphatic heterocycles. The van der Waals surface area contributed by atoms with Gasteiger partial charge in [-0.05, 0) is 24.3 Å². The first-order chi connectivity index (χ1) is 10.9. The van der Waals surface area contributed by atoms with Crippen molar-refractivity contribution in [3.8, 4) is 0 Å². The summed E-state index contributed by atoms with van der Waals surface area (Å²) in [5.74, 6) is -1.44. The molecule has 0 heterocycles. The lowest BCUT2D eigenvalue weighted by molar-refractivity contribution is -0.163. The summed E-state index contributed by atoms with van der Waals surface area (Å²) < 4.78 is 0. The Hall–Kier alpha value is -1.43. The van der Waals surface area contributed by atoms with Crippen molar-refractivity contribution in [3.05, 3.63) is 35.4 Å². The van der Waals surface area contributed by atoms with E-state index in [2.05, 4.69) is 5.32 Å². The lowest BCUT2D eigenvalue weighted by atomic mass is 9.86. The van der Waals surface area contributed by atoms with Gasteiger partial charge in [0.25, 0.3) is 0 Å². The summed E-state index contributed by atoms with van der Waals surface area (Å²) in [6.45, 7) is 0.592. The second-order valence-corrected chi connectivity index (χ2v) is 6.57. The number of rotatable bonds is 7. The number of aliphatic hydroxyl groups is 2. The predicted octanol–water partition coefficient (Wildman–Crippen LogP) is 1.76. The van der Waals surface area contributed by atoms with Gasteiger partial charge in [0.15, 0.2) is 0 Å². The molecule has 1 saturated carbocycles. The molecule has 1 aliphatic carbocycles. The third kappa shape index (κ3) is 6.29. The van der Waals surface area contributed by atoms with E-state index in [0.29, 0.717) is 19.4 Å². The third-order valence-electron chi connectivity index (χ3n) is 4.62. The number of carbonyl (C=O) groups excluding carboxylic acids is 1. The van der Waals surface area contributed by atoms with Gasteiger partial charge in [-0.3, -0.25) is 10.5 Å². The molecule has 1 fully saturated rings. The molecule has 1 amide bonds. The summed E-state index contributed by atoms with van der Waals surface area (Å²) in [6.07, 6.45) is 8.86. The fourth-order valence-electron chi connectivity index (χ4n) is 3.16. The fourth-order valence-corrected chi connectivity index (χ4v) is 3.16. The number of nitrogens with one attached hydrogen (secondary N) is 1. The molecule has 128 valence electrons. The van der Waals surface area contributed by atoms with Gasteiger partial charge in [-0.25, -0.2) is 0 Å². The summed E-state index contributed by atoms with van der Waals surface area (Å²) >= 11 is 0. The van der Waals surface area contributed by atoms with Crippen LogP contribution in [-0.2, 0) is 17.1 Å². The predicted molar refractivity (Wildman–Crippen MR) is 89.3 cm³/mol. The largest absolute Gasteiger partial charge is 0.356 e. The number of hydrogen-bond acceptors (Lipinski definition) is 4. The average molecular weight is 320 g/mol. The minimum absolute atomic E-state index is 0.124. The number of nitrogens with two attached hydrogens (primary N) is 1. The fraction of sp³-hybridized carbons (Fsp3) is 0.611. The van der Waals surface area contributed by atoms with Crippen LogP contribution in [0.1, 0.15) is 56.1 Å². The highest BCUT2D eigenvalue weighted by molar-refractivity contribution is 5.75. The minimum Gasteiger partial charge on any atom is -0.356 e. The Bertz CT molecular complexity index is 488. The van der Waals surface area contributed by atoms with Crippen LogP contribution in [0.3, 0.4) is 0 Å². The number of amides is 1. The molecule has 0 radical (unpaired) electrons. The van der Waals surface area contributed by atoms with E-state index in [4.69, 9.17) is 5.73 Å². The molecule has 23 heavy (non-hydrogen) atoms. The van der Waals surface area contributed by atoms with Crippen LogP contribution in [0, 0.1) is 5.92 Å². The molecule has 0 bridgehead atoms. The Morgan fingerprint density at radius 2 is 1.83 bits per heavy atom. The van der Waals surface area contributed by atoms with E-state index in [0.717, 1.165) is 17.9 Å². The normalized spacial score (nSPS) is 16.3. The second-order valence-electron chi connectivity index (χ2n) is 6.57. The highest BCUT2D eigenvalue weighted by atomic mass is 16.5. The van der Waals surface area contributed by atoms with Crippen molar-refractivity contribution in [3.63, 3.8) is 0 Å². The first-order valence-corrected chi connectivity index (χ1v) is 8.55. The zero-order chi connectivity index (χ0) is 16.7. The molecule has 0 saturated heterocycles. The van der Waals surface area contributed by atoms with E-state index in [9.17, 15) is 15.0 Å². The number of hydrogen-bond donors (Lipinski definition) is 4. The quantitative estimate of drug-likeness (QED) is 0.576. The smallest absolute Gasteiger partial charge is 0.248 e. The maximum absolute atomic E-state index is 11.9. The van der Waals surface area contributed by atoms with Gasteiger partial charge in [-0.1, -0.05) is 56.4 Å². The average Bonchev–Trinajstić information content (AvgIpc) is 2.53. The maximum Gasteiger partial charge on any atom is 0.248 e. The molecule has 0 unspecified atom stereocenters. The Labute approximate surface area is 137 Å². The third-order valence-corrected chi connectivity index (χ3v) is 4.62. The van der Waals surface area contributed by atoms with Gasteiger partial charge in [0, 0.05) is 18.5 Å². The van der Waals surface area contributed by atoms with E-state index < -0.39 is 5.91 Å². The first-order valence-electron chi connectivity index (χ1n) is 8.55. The summed E-state index contributed by atoms with van der Waals surface area (Å²) in [7, 11) is 0. The molecule has 0 atom stereocenters. The van der Waals surface area contributed by atoms with Crippen LogP contribution in [0.2, 0.25) is 0 Å². The highest BCUT2D eigenvalue weighted by Crippen LogP contribution is 2.27. The van der Waals surface area contributed by atoms with Gasteiger partial charge in [-0.15, -0.1) is 0 Å². The molecule has 1 aromatic rings. The molecule has 1 aromatic carbocycles. The van der Waals surface area contributed by atoms with Crippen LogP contribution in [0.4, 0.5) is 0 Å². The molecule has 5 N–H and O–H groups in total. The van der Waals surface area contributed by atoms with Crippen molar-refractivity contribution < 1.29 is 15.0 Å². The van der Waals surface area contributed by atoms with E-state index in [1.54, 1.807) is 24.3 Å². The number of benzene rings is 1. The highest BCUT2D eigenvalue weighted by Gasteiger charge is 2.18. The van der Waals surface area contributed by atoms with Crippen molar-refractivity contribution >= 4 is 5.91 Å². The summed E-state index contributed by atoms with van der Waals surface area (Å²) in [4.78, 5) is 11.9. The molecular weight excluding hydrogens is 292 g/mol. The van der Waals surface area contributed by atoms with Gasteiger partial charge in [0.2, 0.25) is 11.8 Å². The minimum atomic E-state index is -2.30.